The van der Waals surface area contributed by atoms with Crippen molar-refractivity contribution in [2.45, 2.75) is 32.6 Å². The minimum Gasteiger partial charge on any atom is -0.508 e. The normalized spacial score (nSPS) is 23.6. The summed E-state index contributed by atoms with van der Waals surface area (Å²) in [5.74, 6) is 0.639. The van der Waals surface area contributed by atoms with Crippen LogP contribution in [-0.2, 0) is 0 Å². The van der Waals surface area contributed by atoms with Gasteiger partial charge in [-0.1, -0.05) is 29.9 Å². The van der Waals surface area contributed by atoms with Gasteiger partial charge in [0.05, 0.1) is 0 Å². The molecule has 2 N–H and O–H groups in total. The number of allylic oxidation sites excluding steroid dienone is 3. The number of hydrogen-bond acceptors (Lipinski definition) is 2. The van der Waals surface area contributed by atoms with Gasteiger partial charge in [0.1, 0.15) is 11.5 Å². The van der Waals surface area contributed by atoms with Gasteiger partial charge in [-0.15, -0.1) is 0 Å². The second-order valence-corrected chi connectivity index (χ2v) is 5.24. The van der Waals surface area contributed by atoms with Crippen LogP contribution >= 0.6 is 0 Å². The largest absolute Gasteiger partial charge is 0.508 e. The van der Waals surface area contributed by atoms with Crippen LogP contribution in [0.3, 0.4) is 0 Å². The summed E-state index contributed by atoms with van der Waals surface area (Å²) < 4.78 is 0. The molecule has 1 aliphatic rings. The van der Waals surface area contributed by atoms with Crippen molar-refractivity contribution in [3.63, 3.8) is 0 Å². The molecule has 18 heavy (non-hydrogen) atoms. The smallest absolute Gasteiger partial charge is 0.123 e. The predicted molar refractivity (Wildman–Crippen MR) is 73.8 cm³/mol. The maximum Gasteiger partial charge on any atom is 0.123 e. The first-order valence-corrected chi connectivity index (χ1v) is 6.34. The summed E-state index contributed by atoms with van der Waals surface area (Å²) in [7, 11) is 0. The number of aromatic hydroxyl groups is 2. The molecule has 2 nitrogen and oxygen atoms in total. The molecule has 2 rings (SSSR count). The van der Waals surface area contributed by atoms with E-state index in [1.165, 1.54) is 5.57 Å². The molecule has 0 spiro atoms. The zero-order valence-electron chi connectivity index (χ0n) is 11.0. The lowest BCUT2D eigenvalue weighted by molar-refractivity contribution is 0.407. The lowest BCUT2D eigenvalue weighted by Gasteiger charge is -2.31. The van der Waals surface area contributed by atoms with Gasteiger partial charge in [0.25, 0.3) is 0 Å². The van der Waals surface area contributed by atoms with Crippen molar-refractivity contribution in [2.24, 2.45) is 5.92 Å². The number of rotatable bonds is 2. The highest BCUT2D eigenvalue weighted by Gasteiger charge is 2.29. The van der Waals surface area contributed by atoms with Crippen LogP contribution in [0.4, 0.5) is 0 Å². The van der Waals surface area contributed by atoms with Crippen LogP contribution in [0, 0.1) is 5.92 Å². The average Bonchev–Trinajstić information content (AvgIpc) is 2.28. The van der Waals surface area contributed by atoms with Gasteiger partial charge >= 0.3 is 0 Å². The van der Waals surface area contributed by atoms with Crippen LogP contribution in [0.2, 0.25) is 0 Å². The van der Waals surface area contributed by atoms with Crippen LogP contribution in [-0.4, -0.2) is 10.2 Å². The van der Waals surface area contributed by atoms with E-state index < -0.39 is 0 Å². The van der Waals surface area contributed by atoms with Gasteiger partial charge in [0.15, 0.2) is 0 Å². The Morgan fingerprint density at radius 3 is 2.44 bits per heavy atom. The topological polar surface area (TPSA) is 40.5 Å². The van der Waals surface area contributed by atoms with Gasteiger partial charge < -0.3 is 10.2 Å². The molecule has 1 aliphatic carbocycles. The van der Waals surface area contributed by atoms with E-state index in [9.17, 15) is 10.2 Å². The number of benzene rings is 1. The van der Waals surface area contributed by atoms with Crippen molar-refractivity contribution in [2.75, 3.05) is 0 Å². The Morgan fingerprint density at radius 1 is 1.28 bits per heavy atom. The van der Waals surface area contributed by atoms with Crippen molar-refractivity contribution in [1.82, 2.24) is 0 Å². The van der Waals surface area contributed by atoms with E-state index in [0.717, 1.165) is 18.4 Å². The van der Waals surface area contributed by atoms with E-state index in [2.05, 4.69) is 19.6 Å². The molecule has 0 aliphatic heterocycles. The summed E-state index contributed by atoms with van der Waals surface area (Å²) in [6, 6.07) is 4.91. The quantitative estimate of drug-likeness (QED) is 0.768. The van der Waals surface area contributed by atoms with Gasteiger partial charge in [0, 0.05) is 11.5 Å². The fraction of sp³-hybridized carbons (Fsp3) is 0.375. The van der Waals surface area contributed by atoms with Gasteiger partial charge in [-0.2, -0.15) is 0 Å². The molecule has 0 bridgehead atoms. The van der Waals surface area contributed by atoms with Crippen molar-refractivity contribution >= 4 is 0 Å². The Kier molecular flexibility index (Phi) is 3.46. The highest BCUT2D eigenvalue weighted by Crippen LogP contribution is 2.45. The Bertz CT molecular complexity index is 480. The van der Waals surface area contributed by atoms with Crippen LogP contribution in [0.25, 0.3) is 0 Å². The van der Waals surface area contributed by atoms with Crippen LogP contribution in [0.15, 0.2) is 42.0 Å². The molecule has 0 amide bonds. The van der Waals surface area contributed by atoms with Gasteiger partial charge in [-0.05, 0) is 44.7 Å². The van der Waals surface area contributed by atoms with E-state index in [-0.39, 0.29) is 23.3 Å². The number of phenols is 2. The zero-order valence-corrected chi connectivity index (χ0v) is 11.0. The minimum atomic E-state index is 0.0254. The fourth-order valence-corrected chi connectivity index (χ4v) is 2.79. The first kappa shape index (κ1) is 12.7. The first-order valence-electron chi connectivity index (χ1n) is 6.34. The lowest BCUT2D eigenvalue weighted by atomic mass is 9.74. The summed E-state index contributed by atoms with van der Waals surface area (Å²) in [5.41, 5.74) is 3.04. The molecule has 1 aromatic carbocycles. The molecule has 0 heterocycles. The summed E-state index contributed by atoms with van der Waals surface area (Å²) in [4.78, 5) is 0. The number of phenolic OH excluding ortho intramolecular Hbond substituents is 2. The Labute approximate surface area is 108 Å². The maximum absolute atomic E-state index is 10.0. The third-order valence-corrected chi connectivity index (χ3v) is 3.77. The van der Waals surface area contributed by atoms with Crippen LogP contribution in [0.5, 0.6) is 11.5 Å². The minimum absolute atomic E-state index is 0.0254. The average molecular weight is 244 g/mol. The standard InChI is InChI=1S/C16H20O2/c1-10(2)12-8-7-11(3)9-13(12)16-14(17)5-4-6-15(16)18/h4-6,9,12-13,17-18H,1,7-8H2,2-3H3/t12?,13-/m1/s1. The van der Waals surface area contributed by atoms with E-state index in [1.54, 1.807) is 18.2 Å². The van der Waals surface area contributed by atoms with Gasteiger partial charge in [-0.25, -0.2) is 0 Å². The second-order valence-electron chi connectivity index (χ2n) is 5.24. The molecular weight excluding hydrogens is 224 g/mol. The molecule has 0 fully saturated rings. The third-order valence-electron chi connectivity index (χ3n) is 3.77. The van der Waals surface area contributed by atoms with E-state index in [1.807, 2.05) is 6.92 Å². The third kappa shape index (κ3) is 2.28. The number of hydrogen-bond donors (Lipinski definition) is 2. The van der Waals surface area contributed by atoms with Gasteiger partial charge in [0.2, 0.25) is 0 Å². The SMILES string of the molecule is C=C(C)C1CCC(C)=C[C@H]1c1c(O)cccc1O. The van der Waals surface area contributed by atoms with E-state index >= 15 is 0 Å². The summed E-state index contributed by atoms with van der Waals surface area (Å²) in [5, 5.41) is 20.0. The molecule has 0 aromatic heterocycles. The van der Waals surface area contributed by atoms with E-state index in [0.29, 0.717) is 5.56 Å². The molecule has 0 saturated carbocycles. The zero-order chi connectivity index (χ0) is 13.3. The highest BCUT2D eigenvalue weighted by atomic mass is 16.3. The van der Waals surface area contributed by atoms with E-state index in [4.69, 9.17) is 0 Å². The van der Waals surface area contributed by atoms with Crippen LogP contribution in [0.1, 0.15) is 38.2 Å². The molecule has 0 saturated heterocycles. The summed E-state index contributed by atoms with van der Waals surface area (Å²) in [6.07, 6.45) is 4.23. The molecule has 2 atom stereocenters. The summed E-state index contributed by atoms with van der Waals surface area (Å²) in [6.45, 7) is 8.16. The lowest BCUT2D eigenvalue weighted by Crippen LogP contribution is -2.17. The Balaban J connectivity index is 2.51. The molecule has 0 radical (unpaired) electrons. The molecule has 2 heteroatoms. The maximum atomic E-state index is 10.0. The van der Waals surface area contributed by atoms with Crippen LogP contribution < -0.4 is 0 Å². The molecule has 96 valence electrons. The highest BCUT2D eigenvalue weighted by molar-refractivity contribution is 5.49. The van der Waals surface area contributed by atoms with Crippen molar-refractivity contribution in [1.29, 1.82) is 0 Å². The molecule has 1 aromatic rings. The van der Waals surface area contributed by atoms with Gasteiger partial charge in [-0.3, -0.25) is 0 Å². The molecule has 1 unspecified atom stereocenters. The monoisotopic (exact) mass is 244 g/mol. The predicted octanol–water partition coefficient (Wildman–Crippen LogP) is 4.11. The second kappa shape index (κ2) is 4.89. The Morgan fingerprint density at radius 2 is 1.89 bits per heavy atom. The Hall–Kier alpha value is -1.70. The van der Waals surface area contributed by atoms with Crippen molar-refractivity contribution in [3.8, 4) is 11.5 Å². The van der Waals surface area contributed by atoms with Crippen molar-refractivity contribution < 1.29 is 10.2 Å². The summed E-state index contributed by atoms with van der Waals surface area (Å²) >= 11 is 0. The molecular formula is C16H20O2. The first-order chi connectivity index (χ1) is 8.50. The van der Waals surface area contributed by atoms with Crippen molar-refractivity contribution in [3.05, 3.63) is 47.6 Å². The fourth-order valence-electron chi connectivity index (χ4n) is 2.79.